The third-order valence-corrected chi connectivity index (χ3v) is 2.26. The van der Waals surface area contributed by atoms with Gasteiger partial charge in [-0.1, -0.05) is 42.5 Å². The Balaban J connectivity index is 2.21. The number of hydrogen-bond acceptors (Lipinski definition) is 1. The van der Waals surface area contributed by atoms with E-state index in [-0.39, 0.29) is 11.6 Å². The molecule has 2 heteroatoms. The van der Waals surface area contributed by atoms with E-state index in [0.717, 1.165) is 11.1 Å². The van der Waals surface area contributed by atoms with Crippen molar-refractivity contribution in [2.75, 3.05) is 0 Å². The van der Waals surface area contributed by atoms with Gasteiger partial charge in [0.2, 0.25) is 0 Å². The highest BCUT2D eigenvalue weighted by molar-refractivity contribution is 5.72. The van der Waals surface area contributed by atoms with E-state index in [4.69, 9.17) is 0 Å². The van der Waals surface area contributed by atoms with Gasteiger partial charge in [0.1, 0.15) is 11.6 Å². The zero-order valence-electron chi connectivity index (χ0n) is 8.60. The fourth-order valence-electron chi connectivity index (χ4n) is 1.39. The highest BCUT2D eigenvalue weighted by atomic mass is 19.1. The second-order valence-corrected chi connectivity index (χ2v) is 3.44. The molecule has 16 heavy (non-hydrogen) atoms. The third kappa shape index (κ3) is 2.48. The Morgan fingerprint density at radius 1 is 0.875 bits per heavy atom. The molecule has 0 unspecified atom stereocenters. The molecule has 0 aliphatic carbocycles. The molecular weight excluding hydrogens is 203 g/mol. The molecular formula is C14H11FO. The van der Waals surface area contributed by atoms with Crippen LogP contribution in [0.15, 0.2) is 48.5 Å². The summed E-state index contributed by atoms with van der Waals surface area (Å²) in [6.45, 7) is 0. The van der Waals surface area contributed by atoms with E-state index in [1.54, 1.807) is 30.3 Å². The number of phenolic OH excluding ortho intramolecular Hbond substituents is 1. The fourth-order valence-corrected chi connectivity index (χ4v) is 1.39. The second-order valence-electron chi connectivity index (χ2n) is 3.44. The summed E-state index contributed by atoms with van der Waals surface area (Å²) < 4.78 is 12.6. The molecule has 0 aliphatic rings. The van der Waals surface area contributed by atoms with Gasteiger partial charge in [0.25, 0.3) is 0 Å². The first kappa shape index (κ1) is 10.4. The van der Waals surface area contributed by atoms with Gasteiger partial charge in [0, 0.05) is 5.56 Å². The number of phenols is 1. The first-order chi connectivity index (χ1) is 7.75. The minimum absolute atomic E-state index is 0.237. The van der Waals surface area contributed by atoms with E-state index in [1.807, 2.05) is 18.2 Å². The lowest BCUT2D eigenvalue weighted by Crippen LogP contribution is -1.75. The van der Waals surface area contributed by atoms with Crippen molar-refractivity contribution in [1.29, 1.82) is 0 Å². The van der Waals surface area contributed by atoms with Gasteiger partial charge in [-0.2, -0.15) is 0 Å². The zero-order valence-corrected chi connectivity index (χ0v) is 8.60. The van der Waals surface area contributed by atoms with Crippen molar-refractivity contribution < 1.29 is 9.50 Å². The molecule has 0 saturated carbocycles. The Hall–Kier alpha value is -2.09. The lowest BCUT2D eigenvalue weighted by molar-refractivity contribution is 0.474. The Morgan fingerprint density at radius 3 is 2.25 bits per heavy atom. The molecule has 0 saturated heterocycles. The molecule has 0 aromatic heterocycles. The zero-order chi connectivity index (χ0) is 11.4. The van der Waals surface area contributed by atoms with E-state index in [2.05, 4.69) is 0 Å². The van der Waals surface area contributed by atoms with Gasteiger partial charge in [0.05, 0.1) is 0 Å². The average molecular weight is 214 g/mol. The number of para-hydroxylation sites is 1. The van der Waals surface area contributed by atoms with Crippen molar-refractivity contribution in [3.8, 4) is 5.75 Å². The minimum Gasteiger partial charge on any atom is -0.507 e. The first-order valence-electron chi connectivity index (χ1n) is 4.97. The van der Waals surface area contributed by atoms with Gasteiger partial charge in [0.15, 0.2) is 0 Å². The molecule has 1 nitrogen and oxygen atoms in total. The Labute approximate surface area is 93.5 Å². The highest BCUT2D eigenvalue weighted by Crippen LogP contribution is 2.18. The molecule has 0 atom stereocenters. The fraction of sp³-hybridized carbons (Fsp3) is 0. The van der Waals surface area contributed by atoms with Gasteiger partial charge in [-0.15, -0.1) is 0 Å². The van der Waals surface area contributed by atoms with Gasteiger partial charge in [-0.25, -0.2) is 4.39 Å². The van der Waals surface area contributed by atoms with Crippen LogP contribution in [0.4, 0.5) is 4.39 Å². The van der Waals surface area contributed by atoms with Crippen LogP contribution in [0, 0.1) is 5.82 Å². The van der Waals surface area contributed by atoms with Crippen LogP contribution in [-0.4, -0.2) is 5.11 Å². The molecule has 80 valence electrons. The molecule has 0 radical (unpaired) electrons. The van der Waals surface area contributed by atoms with Crippen molar-refractivity contribution >= 4 is 12.2 Å². The molecule has 0 amide bonds. The standard InChI is InChI=1S/C14H11FO/c15-13-9-6-11(7-10-13)5-8-12-3-1-2-4-14(12)16/h1-10,16H/b8-5+. The second kappa shape index (κ2) is 4.62. The van der Waals surface area contributed by atoms with E-state index in [1.165, 1.54) is 12.1 Å². The molecule has 2 aromatic rings. The molecule has 2 rings (SSSR count). The molecule has 1 N–H and O–H groups in total. The number of benzene rings is 2. The van der Waals surface area contributed by atoms with Crippen molar-refractivity contribution in [2.45, 2.75) is 0 Å². The maximum atomic E-state index is 12.6. The monoisotopic (exact) mass is 214 g/mol. The SMILES string of the molecule is Oc1ccccc1/C=C/c1ccc(F)cc1. The predicted octanol–water partition coefficient (Wildman–Crippen LogP) is 3.70. The summed E-state index contributed by atoms with van der Waals surface area (Å²) in [5.74, 6) is -0.0134. The van der Waals surface area contributed by atoms with Crippen LogP contribution in [0.5, 0.6) is 5.75 Å². The largest absolute Gasteiger partial charge is 0.507 e. The smallest absolute Gasteiger partial charge is 0.123 e. The summed E-state index contributed by atoms with van der Waals surface area (Å²) >= 11 is 0. The van der Waals surface area contributed by atoms with Crippen LogP contribution in [-0.2, 0) is 0 Å². The Morgan fingerprint density at radius 2 is 1.56 bits per heavy atom. The number of aromatic hydroxyl groups is 1. The summed E-state index contributed by atoms with van der Waals surface area (Å²) in [6.07, 6.45) is 3.62. The van der Waals surface area contributed by atoms with Crippen LogP contribution >= 0.6 is 0 Å². The maximum Gasteiger partial charge on any atom is 0.123 e. The minimum atomic E-state index is -0.250. The van der Waals surface area contributed by atoms with Gasteiger partial charge >= 0.3 is 0 Å². The number of halogens is 1. The van der Waals surface area contributed by atoms with E-state index in [9.17, 15) is 9.50 Å². The third-order valence-electron chi connectivity index (χ3n) is 2.26. The van der Waals surface area contributed by atoms with E-state index in [0.29, 0.717) is 0 Å². The highest BCUT2D eigenvalue weighted by Gasteiger charge is 1.94. The summed E-state index contributed by atoms with van der Waals surface area (Å²) in [5, 5.41) is 9.52. The summed E-state index contributed by atoms with van der Waals surface area (Å²) in [6, 6.07) is 13.3. The molecule has 2 aromatic carbocycles. The molecule has 0 bridgehead atoms. The van der Waals surface area contributed by atoms with Crippen LogP contribution in [0.1, 0.15) is 11.1 Å². The lowest BCUT2D eigenvalue weighted by atomic mass is 10.1. The van der Waals surface area contributed by atoms with Crippen molar-refractivity contribution in [3.63, 3.8) is 0 Å². The average Bonchev–Trinajstić information content (AvgIpc) is 2.30. The summed E-state index contributed by atoms with van der Waals surface area (Å²) in [7, 11) is 0. The van der Waals surface area contributed by atoms with Crippen LogP contribution in [0.2, 0.25) is 0 Å². The quantitative estimate of drug-likeness (QED) is 0.756. The molecule has 0 heterocycles. The van der Waals surface area contributed by atoms with Crippen LogP contribution in [0.25, 0.3) is 12.2 Å². The van der Waals surface area contributed by atoms with E-state index >= 15 is 0 Å². The van der Waals surface area contributed by atoms with Crippen molar-refractivity contribution in [1.82, 2.24) is 0 Å². The van der Waals surface area contributed by atoms with E-state index < -0.39 is 0 Å². The molecule has 0 aliphatic heterocycles. The summed E-state index contributed by atoms with van der Waals surface area (Å²) in [5.41, 5.74) is 1.64. The predicted molar refractivity (Wildman–Crippen MR) is 63.4 cm³/mol. The molecule has 0 spiro atoms. The summed E-state index contributed by atoms with van der Waals surface area (Å²) in [4.78, 5) is 0. The molecule has 0 fully saturated rings. The number of rotatable bonds is 2. The van der Waals surface area contributed by atoms with Gasteiger partial charge < -0.3 is 5.11 Å². The van der Waals surface area contributed by atoms with Crippen molar-refractivity contribution in [3.05, 3.63) is 65.5 Å². The normalized spacial score (nSPS) is 10.8. The lowest BCUT2D eigenvalue weighted by Gasteiger charge is -1.97. The first-order valence-corrected chi connectivity index (χ1v) is 4.97. The van der Waals surface area contributed by atoms with Crippen LogP contribution < -0.4 is 0 Å². The topological polar surface area (TPSA) is 20.2 Å². The maximum absolute atomic E-state index is 12.6. The Bertz CT molecular complexity index is 500. The van der Waals surface area contributed by atoms with Crippen LogP contribution in [0.3, 0.4) is 0 Å². The Kier molecular flexibility index (Phi) is 3.01. The van der Waals surface area contributed by atoms with Crippen molar-refractivity contribution in [2.24, 2.45) is 0 Å². The van der Waals surface area contributed by atoms with Gasteiger partial charge in [-0.05, 0) is 23.8 Å². The number of hydrogen-bond donors (Lipinski definition) is 1. The van der Waals surface area contributed by atoms with Gasteiger partial charge in [-0.3, -0.25) is 0 Å².